The molecule has 1 aliphatic heterocycles. The first-order chi connectivity index (χ1) is 13.1. The quantitative estimate of drug-likeness (QED) is 0.503. The van der Waals surface area contributed by atoms with E-state index in [1.165, 1.54) is 6.07 Å². The number of carbonyl (C=O) groups is 3. The van der Waals surface area contributed by atoms with Gasteiger partial charge >= 0.3 is 18.0 Å². The number of nitrogens with one attached hydrogen (secondary N) is 4. The molecule has 3 amide bonds. The van der Waals surface area contributed by atoms with Crippen LogP contribution in [0.2, 0.25) is 0 Å². The van der Waals surface area contributed by atoms with E-state index in [1.807, 2.05) is 4.90 Å². The number of aromatic nitrogens is 1. The monoisotopic (exact) mass is 402 g/mol. The largest absolute Gasteiger partial charge is 0.419 e. The summed E-state index contributed by atoms with van der Waals surface area (Å²) in [6.07, 6.45) is -2.59. The maximum absolute atomic E-state index is 12.6. The Bertz CT molecular complexity index is 714. The van der Waals surface area contributed by atoms with Crippen LogP contribution in [0, 0.1) is 5.92 Å². The average molecular weight is 402 g/mol. The van der Waals surface area contributed by atoms with E-state index in [2.05, 4.69) is 21.2 Å². The molecule has 0 unspecified atom stereocenters. The number of hydrogen-bond acceptors (Lipinski definition) is 4. The minimum Gasteiger partial charge on any atom is -0.346 e. The highest BCUT2D eigenvalue weighted by atomic mass is 19.4. The molecule has 0 aromatic carbocycles. The Kier molecular flexibility index (Phi) is 6.81. The molecule has 2 heterocycles. The fourth-order valence-corrected chi connectivity index (χ4v) is 2.78. The first-order valence-corrected chi connectivity index (χ1v) is 8.82. The molecule has 0 spiro atoms. The summed E-state index contributed by atoms with van der Waals surface area (Å²) in [6, 6.07) is 2.15. The molecule has 1 aromatic rings. The van der Waals surface area contributed by atoms with Crippen molar-refractivity contribution in [3.63, 3.8) is 0 Å². The molecule has 1 aliphatic rings. The number of carbonyl (C=O) groups excluding carboxylic acids is 3. The summed E-state index contributed by atoms with van der Waals surface area (Å²) in [5.74, 6) is -2.06. The van der Waals surface area contributed by atoms with E-state index in [1.54, 1.807) is 13.8 Å². The second-order valence-corrected chi connectivity index (χ2v) is 6.79. The molecular weight excluding hydrogens is 379 g/mol. The Hall–Kier alpha value is -2.85. The minimum absolute atomic E-state index is 0.208. The van der Waals surface area contributed by atoms with Gasteiger partial charge in [-0.25, -0.2) is 4.98 Å². The first kappa shape index (κ1) is 21.5. The van der Waals surface area contributed by atoms with E-state index >= 15 is 0 Å². The van der Waals surface area contributed by atoms with E-state index in [-0.39, 0.29) is 12.0 Å². The van der Waals surface area contributed by atoms with Gasteiger partial charge in [0.1, 0.15) is 6.20 Å². The smallest absolute Gasteiger partial charge is 0.346 e. The van der Waals surface area contributed by atoms with Gasteiger partial charge in [0, 0.05) is 18.0 Å². The van der Waals surface area contributed by atoms with E-state index in [9.17, 15) is 27.6 Å². The molecule has 154 valence electrons. The number of hydrogen-bond donors (Lipinski definition) is 3. The van der Waals surface area contributed by atoms with Gasteiger partial charge in [0.05, 0.1) is 18.7 Å². The molecule has 0 radical (unpaired) electrons. The minimum atomic E-state index is -4.41. The molecular formula is C17H23F3N5O3+. The summed E-state index contributed by atoms with van der Waals surface area (Å²) in [7, 11) is 0. The normalized spacial score (nSPS) is 15.3. The van der Waals surface area contributed by atoms with Crippen molar-refractivity contribution in [2.24, 2.45) is 5.92 Å². The fourth-order valence-electron chi connectivity index (χ4n) is 2.78. The maximum atomic E-state index is 12.6. The van der Waals surface area contributed by atoms with Gasteiger partial charge in [0.25, 0.3) is 5.82 Å². The van der Waals surface area contributed by atoms with Crippen LogP contribution in [0.15, 0.2) is 18.3 Å². The highest BCUT2D eigenvalue weighted by Crippen LogP contribution is 2.29. The lowest BCUT2D eigenvalue weighted by atomic mass is 9.96. The lowest BCUT2D eigenvalue weighted by Crippen LogP contribution is -2.52. The highest BCUT2D eigenvalue weighted by Gasteiger charge is 2.33. The van der Waals surface area contributed by atoms with Crippen LogP contribution in [0.4, 0.5) is 19.0 Å². The van der Waals surface area contributed by atoms with Gasteiger partial charge in [-0.05, 0) is 32.8 Å². The molecule has 0 atom stereocenters. The Morgan fingerprint density at radius 1 is 1.11 bits per heavy atom. The summed E-state index contributed by atoms with van der Waals surface area (Å²) in [4.78, 5) is 39.7. The van der Waals surface area contributed by atoms with Crippen LogP contribution in [0.1, 0.15) is 32.3 Å². The summed E-state index contributed by atoms with van der Waals surface area (Å²) < 4.78 is 37.8. The molecule has 8 nitrogen and oxygen atoms in total. The molecule has 1 fully saturated rings. The van der Waals surface area contributed by atoms with Crippen molar-refractivity contribution in [1.29, 1.82) is 0 Å². The van der Waals surface area contributed by atoms with Gasteiger partial charge in [-0.2, -0.15) is 13.2 Å². The van der Waals surface area contributed by atoms with Gasteiger partial charge < -0.3 is 5.32 Å². The number of aromatic amines is 1. The lowest BCUT2D eigenvalue weighted by Gasteiger charge is -2.27. The molecule has 0 saturated carbocycles. The van der Waals surface area contributed by atoms with E-state index in [4.69, 9.17) is 0 Å². The van der Waals surface area contributed by atoms with Crippen LogP contribution in [0.25, 0.3) is 0 Å². The Labute approximate surface area is 159 Å². The molecule has 28 heavy (non-hydrogen) atoms. The van der Waals surface area contributed by atoms with Gasteiger partial charge in [-0.3, -0.25) is 30.1 Å². The maximum Gasteiger partial charge on any atom is 0.419 e. The summed E-state index contributed by atoms with van der Waals surface area (Å²) in [5.41, 5.74) is 3.54. The van der Waals surface area contributed by atoms with Crippen LogP contribution in [-0.2, 0) is 20.6 Å². The van der Waals surface area contributed by atoms with Crippen LogP contribution < -0.4 is 26.1 Å². The average Bonchev–Trinajstić information content (AvgIpc) is 2.64. The topological polar surface area (TPSA) is 105 Å². The SMILES string of the molecule is CC(C)NC(=O)C(=O)NNC(=O)C1CCN(c2ccc(C(F)(F)F)c[nH+]2)CC1. The van der Waals surface area contributed by atoms with Gasteiger partial charge in [-0.1, -0.05) is 0 Å². The molecule has 2 rings (SSSR count). The summed E-state index contributed by atoms with van der Waals surface area (Å²) in [5, 5.41) is 2.40. The van der Waals surface area contributed by atoms with Crippen LogP contribution >= 0.6 is 0 Å². The standard InChI is InChI=1S/C17H22F3N5O3/c1-10(2)22-15(27)16(28)24-23-14(26)11-5-7-25(8-6-11)13-4-3-12(9-21-13)17(18,19)20/h3-4,9-11H,5-8H2,1-2H3,(H,22,27)(H,23,26)(H,24,28)/p+1. The zero-order chi connectivity index (χ0) is 20.9. The van der Waals surface area contributed by atoms with Crippen LogP contribution in [0.5, 0.6) is 0 Å². The number of hydrazine groups is 1. The summed E-state index contributed by atoms with van der Waals surface area (Å²) >= 11 is 0. The number of alkyl halides is 3. The van der Waals surface area contributed by atoms with Crippen molar-refractivity contribution in [2.75, 3.05) is 18.0 Å². The van der Waals surface area contributed by atoms with Crippen molar-refractivity contribution in [2.45, 2.75) is 38.9 Å². The lowest BCUT2D eigenvalue weighted by molar-refractivity contribution is -0.367. The second-order valence-electron chi connectivity index (χ2n) is 6.79. The van der Waals surface area contributed by atoms with Crippen LogP contribution in [0.3, 0.4) is 0 Å². The Morgan fingerprint density at radius 3 is 2.25 bits per heavy atom. The molecule has 0 bridgehead atoms. The zero-order valence-corrected chi connectivity index (χ0v) is 15.5. The van der Waals surface area contributed by atoms with Crippen LogP contribution in [-0.4, -0.2) is 36.9 Å². The van der Waals surface area contributed by atoms with Gasteiger partial charge in [0.2, 0.25) is 5.91 Å². The number of nitrogens with zero attached hydrogens (tertiary/aromatic N) is 1. The Morgan fingerprint density at radius 2 is 1.75 bits per heavy atom. The first-order valence-electron chi connectivity index (χ1n) is 8.82. The number of amides is 3. The third kappa shape index (κ3) is 5.83. The number of H-pyrrole nitrogens is 1. The zero-order valence-electron chi connectivity index (χ0n) is 15.5. The third-order valence-corrected chi connectivity index (χ3v) is 4.26. The van der Waals surface area contributed by atoms with E-state index in [0.29, 0.717) is 31.7 Å². The number of pyridine rings is 1. The van der Waals surface area contributed by atoms with Crippen molar-refractivity contribution in [3.05, 3.63) is 23.9 Å². The molecule has 4 N–H and O–H groups in total. The summed E-state index contributed by atoms with van der Waals surface area (Å²) in [6.45, 7) is 4.32. The number of halogens is 3. The fraction of sp³-hybridized carbons (Fsp3) is 0.529. The molecule has 1 aromatic heterocycles. The van der Waals surface area contributed by atoms with E-state index < -0.39 is 29.5 Å². The molecule has 0 aliphatic carbocycles. The Balaban J connectivity index is 1.80. The number of anilines is 1. The van der Waals surface area contributed by atoms with Gasteiger partial charge in [0.15, 0.2) is 0 Å². The van der Waals surface area contributed by atoms with Crippen molar-refractivity contribution in [3.8, 4) is 0 Å². The van der Waals surface area contributed by atoms with Gasteiger partial charge in [-0.15, -0.1) is 0 Å². The third-order valence-electron chi connectivity index (χ3n) is 4.26. The highest BCUT2D eigenvalue weighted by molar-refractivity contribution is 6.35. The van der Waals surface area contributed by atoms with Crippen molar-refractivity contribution < 1.29 is 32.5 Å². The number of rotatable bonds is 3. The molecule has 11 heteroatoms. The number of piperidine rings is 1. The second kappa shape index (κ2) is 8.89. The van der Waals surface area contributed by atoms with Crippen molar-refractivity contribution in [1.82, 2.24) is 16.2 Å². The predicted octanol–water partition coefficient (Wildman–Crippen LogP) is 0.408. The van der Waals surface area contributed by atoms with E-state index in [0.717, 1.165) is 12.3 Å². The van der Waals surface area contributed by atoms with Crippen molar-refractivity contribution >= 4 is 23.5 Å². The predicted molar refractivity (Wildman–Crippen MR) is 92.5 cm³/mol. The molecule has 1 saturated heterocycles.